The van der Waals surface area contributed by atoms with Crippen LogP contribution in [0.3, 0.4) is 0 Å². The minimum absolute atomic E-state index is 0.109. The molecule has 1 saturated carbocycles. The van der Waals surface area contributed by atoms with Gasteiger partial charge in [0, 0.05) is 37.6 Å². The summed E-state index contributed by atoms with van der Waals surface area (Å²) in [4.78, 5) is 22.2. The van der Waals surface area contributed by atoms with Crippen LogP contribution in [0.5, 0.6) is 0 Å². The third kappa shape index (κ3) is 2.81. The fraction of sp³-hybridized carbons (Fsp3) is 0.643. The molecule has 3 atom stereocenters. The molecule has 1 aliphatic heterocycles. The molecule has 6 heteroatoms. The summed E-state index contributed by atoms with van der Waals surface area (Å²) >= 11 is 0. The molecule has 2 N–H and O–H groups in total. The van der Waals surface area contributed by atoms with Gasteiger partial charge >= 0.3 is 0 Å². The largest absolute Gasteiger partial charge is 0.392 e. The van der Waals surface area contributed by atoms with E-state index in [2.05, 4.69) is 20.2 Å². The van der Waals surface area contributed by atoms with Gasteiger partial charge in [-0.1, -0.05) is 0 Å². The zero-order valence-electron chi connectivity index (χ0n) is 11.4. The monoisotopic (exact) mass is 276 g/mol. The van der Waals surface area contributed by atoms with E-state index in [0.717, 1.165) is 38.8 Å². The lowest BCUT2D eigenvalue weighted by Crippen LogP contribution is -2.48. The second-order valence-corrected chi connectivity index (χ2v) is 5.64. The molecule has 20 heavy (non-hydrogen) atoms. The topological polar surface area (TPSA) is 78.4 Å². The molecule has 0 aromatic carbocycles. The molecule has 1 aliphatic carbocycles. The highest BCUT2D eigenvalue weighted by molar-refractivity contribution is 5.93. The van der Waals surface area contributed by atoms with Gasteiger partial charge in [0.2, 0.25) is 0 Å². The van der Waals surface area contributed by atoms with Crippen molar-refractivity contribution < 1.29 is 9.90 Å². The molecule has 0 radical (unpaired) electrons. The molecule has 1 saturated heterocycles. The van der Waals surface area contributed by atoms with E-state index in [0.29, 0.717) is 11.6 Å². The van der Waals surface area contributed by atoms with Crippen molar-refractivity contribution in [1.29, 1.82) is 0 Å². The van der Waals surface area contributed by atoms with E-state index in [-0.39, 0.29) is 18.1 Å². The molecule has 6 nitrogen and oxygen atoms in total. The Morgan fingerprint density at radius 3 is 2.80 bits per heavy atom. The molecular weight excluding hydrogens is 256 g/mol. The van der Waals surface area contributed by atoms with Gasteiger partial charge < -0.3 is 10.4 Å². The highest BCUT2D eigenvalue weighted by Crippen LogP contribution is 2.27. The second kappa shape index (κ2) is 5.85. The van der Waals surface area contributed by atoms with E-state index in [4.69, 9.17) is 0 Å². The Hall–Kier alpha value is -1.53. The number of hydrogen-bond acceptors (Lipinski definition) is 5. The SMILES string of the molecule is O=C(N[C@@H]1CCC[C@@H]1N1CCC(O)C1)c1cncnc1. The van der Waals surface area contributed by atoms with Crippen molar-refractivity contribution in [2.45, 2.75) is 43.9 Å². The van der Waals surface area contributed by atoms with Crippen LogP contribution in [0.4, 0.5) is 0 Å². The van der Waals surface area contributed by atoms with Gasteiger partial charge in [0.15, 0.2) is 0 Å². The predicted octanol–water partition coefficient (Wildman–Crippen LogP) is 0.194. The van der Waals surface area contributed by atoms with Gasteiger partial charge in [-0.25, -0.2) is 9.97 Å². The molecule has 0 bridgehead atoms. The molecule has 1 unspecified atom stereocenters. The quantitative estimate of drug-likeness (QED) is 0.824. The van der Waals surface area contributed by atoms with Crippen LogP contribution in [-0.2, 0) is 0 Å². The van der Waals surface area contributed by atoms with Gasteiger partial charge in [-0.2, -0.15) is 0 Å². The van der Waals surface area contributed by atoms with Crippen LogP contribution in [0.25, 0.3) is 0 Å². The minimum atomic E-state index is -0.213. The normalized spacial score (nSPS) is 30.6. The number of aromatic nitrogens is 2. The fourth-order valence-corrected chi connectivity index (χ4v) is 3.28. The number of likely N-dealkylation sites (tertiary alicyclic amines) is 1. The van der Waals surface area contributed by atoms with Crippen molar-refractivity contribution in [1.82, 2.24) is 20.2 Å². The number of hydrogen-bond donors (Lipinski definition) is 2. The molecule has 0 spiro atoms. The third-order valence-electron chi connectivity index (χ3n) is 4.28. The average molecular weight is 276 g/mol. The number of amides is 1. The number of carbonyl (C=O) groups excluding carboxylic acids is 1. The fourth-order valence-electron chi connectivity index (χ4n) is 3.28. The summed E-state index contributed by atoms with van der Waals surface area (Å²) in [6.07, 6.45) is 8.31. The van der Waals surface area contributed by atoms with E-state index in [1.54, 1.807) is 0 Å². The van der Waals surface area contributed by atoms with Crippen molar-refractivity contribution in [2.75, 3.05) is 13.1 Å². The Kier molecular flexibility index (Phi) is 3.93. The first kappa shape index (κ1) is 13.5. The summed E-state index contributed by atoms with van der Waals surface area (Å²) in [5.74, 6) is -0.109. The zero-order chi connectivity index (χ0) is 13.9. The van der Waals surface area contributed by atoms with Gasteiger partial charge in [-0.15, -0.1) is 0 Å². The lowest BCUT2D eigenvalue weighted by molar-refractivity contribution is 0.0905. The van der Waals surface area contributed by atoms with E-state index in [1.807, 2.05) is 0 Å². The van der Waals surface area contributed by atoms with Crippen molar-refractivity contribution >= 4 is 5.91 Å². The van der Waals surface area contributed by atoms with Crippen LogP contribution in [0.2, 0.25) is 0 Å². The summed E-state index contributed by atoms with van der Waals surface area (Å²) in [6.45, 7) is 1.65. The Bertz CT molecular complexity index is 468. The number of β-amino-alcohol motifs (C(OH)–C–C–N with tert-alkyl or cyclic N) is 1. The summed E-state index contributed by atoms with van der Waals surface area (Å²) < 4.78 is 0. The molecule has 1 aromatic heterocycles. The summed E-state index contributed by atoms with van der Waals surface area (Å²) in [5.41, 5.74) is 0.500. The molecule has 2 heterocycles. The minimum Gasteiger partial charge on any atom is -0.392 e. The third-order valence-corrected chi connectivity index (χ3v) is 4.28. The number of carbonyl (C=O) groups is 1. The summed E-state index contributed by atoms with van der Waals surface area (Å²) in [5, 5.41) is 12.8. The van der Waals surface area contributed by atoms with Crippen LogP contribution in [0, 0.1) is 0 Å². The van der Waals surface area contributed by atoms with E-state index < -0.39 is 0 Å². The first-order valence-electron chi connectivity index (χ1n) is 7.22. The average Bonchev–Trinajstić information content (AvgIpc) is 3.08. The van der Waals surface area contributed by atoms with E-state index in [1.165, 1.54) is 18.7 Å². The van der Waals surface area contributed by atoms with Crippen LogP contribution in [0.15, 0.2) is 18.7 Å². The molecular formula is C14H20N4O2. The number of nitrogens with one attached hydrogen (secondary N) is 1. The maximum Gasteiger partial charge on any atom is 0.254 e. The molecule has 3 rings (SSSR count). The van der Waals surface area contributed by atoms with Gasteiger partial charge in [-0.3, -0.25) is 9.69 Å². The number of nitrogens with zero attached hydrogens (tertiary/aromatic N) is 3. The Labute approximate surface area is 118 Å². The van der Waals surface area contributed by atoms with Crippen molar-refractivity contribution in [3.8, 4) is 0 Å². The lowest BCUT2D eigenvalue weighted by Gasteiger charge is -2.29. The molecule has 108 valence electrons. The standard InChI is InChI=1S/C14H20N4O2/c19-11-4-5-18(8-11)13-3-1-2-12(13)17-14(20)10-6-15-9-16-7-10/h6-7,9,11-13,19H,1-5,8H2,(H,17,20)/t11?,12-,13+/m1/s1. The molecule has 1 aromatic rings. The molecule has 2 fully saturated rings. The van der Waals surface area contributed by atoms with E-state index in [9.17, 15) is 9.90 Å². The van der Waals surface area contributed by atoms with Crippen LogP contribution in [-0.4, -0.2) is 57.2 Å². The zero-order valence-corrected chi connectivity index (χ0v) is 11.4. The summed E-state index contributed by atoms with van der Waals surface area (Å²) in [7, 11) is 0. The Morgan fingerprint density at radius 1 is 1.30 bits per heavy atom. The maximum atomic E-state index is 12.2. The van der Waals surface area contributed by atoms with Crippen LogP contribution >= 0.6 is 0 Å². The molecule has 2 aliphatic rings. The Morgan fingerprint density at radius 2 is 2.10 bits per heavy atom. The number of rotatable bonds is 3. The van der Waals surface area contributed by atoms with Crippen molar-refractivity contribution in [2.24, 2.45) is 0 Å². The number of aliphatic hydroxyl groups is 1. The second-order valence-electron chi connectivity index (χ2n) is 5.64. The highest BCUT2D eigenvalue weighted by Gasteiger charge is 2.36. The first-order valence-corrected chi connectivity index (χ1v) is 7.22. The predicted molar refractivity (Wildman–Crippen MR) is 73.1 cm³/mol. The van der Waals surface area contributed by atoms with Crippen molar-refractivity contribution in [3.63, 3.8) is 0 Å². The van der Waals surface area contributed by atoms with Gasteiger partial charge in [-0.05, 0) is 25.7 Å². The van der Waals surface area contributed by atoms with Crippen LogP contribution in [0.1, 0.15) is 36.0 Å². The van der Waals surface area contributed by atoms with Gasteiger partial charge in [0.25, 0.3) is 5.91 Å². The highest BCUT2D eigenvalue weighted by atomic mass is 16.3. The van der Waals surface area contributed by atoms with E-state index >= 15 is 0 Å². The lowest BCUT2D eigenvalue weighted by atomic mass is 10.1. The Balaban J connectivity index is 1.63. The first-order chi connectivity index (χ1) is 9.74. The summed E-state index contributed by atoms with van der Waals surface area (Å²) in [6, 6.07) is 0.508. The molecule has 1 amide bonds. The number of aliphatic hydroxyl groups excluding tert-OH is 1. The van der Waals surface area contributed by atoms with Gasteiger partial charge in [0.05, 0.1) is 11.7 Å². The van der Waals surface area contributed by atoms with Crippen LogP contribution < -0.4 is 5.32 Å². The smallest absolute Gasteiger partial charge is 0.254 e. The van der Waals surface area contributed by atoms with Gasteiger partial charge in [0.1, 0.15) is 6.33 Å². The maximum absolute atomic E-state index is 12.2. The van der Waals surface area contributed by atoms with Crippen molar-refractivity contribution in [3.05, 3.63) is 24.3 Å².